The standard InChI is InChI=1S/C18H19N3O5S/c1-12(13-6-5-7-14(10-13)20-27(2,24)25)19-17(22)11-21-15-8-3-4-9-16(15)26-18(21)23/h3-10,12,20H,11H2,1-2H3,(H,19,22). The Morgan fingerprint density at radius 1 is 1.19 bits per heavy atom. The Labute approximate surface area is 155 Å². The van der Waals surface area contributed by atoms with E-state index in [9.17, 15) is 18.0 Å². The molecule has 0 aliphatic heterocycles. The van der Waals surface area contributed by atoms with Crippen LogP contribution in [0, 0.1) is 0 Å². The minimum absolute atomic E-state index is 0.179. The second kappa shape index (κ2) is 7.28. The fourth-order valence-electron chi connectivity index (χ4n) is 2.76. The molecule has 0 bridgehead atoms. The number of hydrogen-bond acceptors (Lipinski definition) is 5. The highest BCUT2D eigenvalue weighted by molar-refractivity contribution is 7.92. The Hall–Kier alpha value is -3.07. The van der Waals surface area contributed by atoms with E-state index in [0.717, 1.165) is 11.8 Å². The summed E-state index contributed by atoms with van der Waals surface area (Å²) in [6, 6.07) is 13.2. The van der Waals surface area contributed by atoms with Crippen molar-refractivity contribution in [2.45, 2.75) is 19.5 Å². The van der Waals surface area contributed by atoms with Gasteiger partial charge in [-0.05, 0) is 36.8 Å². The van der Waals surface area contributed by atoms with Gasteiger partial charge >= 0.3 is 5.76 Å². The highest BCUT2D eigenvalue weighted by Crippen LogP contribution is 2.18. The van der Waals surface area contributed by atoms with E-state index in [1.165, 1.54) is 4.57 Å². The third-order valence-corrected chi connectivity index (χ3v) is 4.55. The van der Waals surface area contributed by atoms with Crippen LogP contribution >= 0.6 is 0 Å². The molecule has 9 heteroatoms. The Morgan fingerprint density at radius 2 is 1.93 bits per heavy atom. The smallest absolute Gasteiger partial charge is 0.408 e. The summed E-state index contributed by atoms with van der Waals surface area (Å²) in [6.45, 7) is 1.59. The highest BCUT2D eigenvalue weighted by atomic mass is 32.2. The van der Waals surface area contributed by atoms with E-state index in [-0.39, 0.29) is 18.5 Å². The Balaban J connectivity index is 1.73. The lowest BCUT2D eigenvalue weighted by Crippen LogP contribution is -2.32. The van der Waals surface area contributed by atoms with Crippen LogP contribution in [0.4, 0.5) is 5.69 Å². The van der Waals surface area contributed by atoms with Crippen LogP contribution < -0.4 is 15.8 Å². The second-order valence-electron chi connectivity index (χ2n) is 6.21. The number of aromatic nitrogens is 1. The molecule has 3 aromatic rings. The number of carbonyl (C=O) groups is 1. The molecule has 1 heterocycles. The predicted molar refractivity (Wildman–Crippen MR) is 102 cm³/mol. The molecule has 0 aliphatic rings. The first-order valence-electron chi connectivity index (χ1n) is 8.18. The quantitative estimate of drug-likeness (QED) is 0.668. The number of anilines is 1. The van der Waals surface area contributed by atoms with Gasteiger partial charge in [0.1, 0.15) is 6.54 Å². The molecular formula is C18H19N3O5S. The fraction of sp³-hybridized carbons (Fsp3) is 0.222. The van der Waals surface area contributed by atoms with Crippen molar-refractivity contribution in [1.29, 1.82) is 0 Å². The van der Waals surface area contributed by atoms with E-state index in [4.69, 9.17) is 4.42 Å². The van der Waals surface area contributed by atoms with Crippen molar-refractivity contribution in [2.24, 2.45) is 0 Å². The van der Waals surface area contributed by atoms with E-state index in [1.54, 1.807) is 55.5 Å². The zero-order chi connectivity index (χ0) is 19.6. The Kier molecular flexibility index (Phi) is 5.04. The van der Waals surface area contributed by atoms with Crippen molar-refractivity contribution in [3.8, 4) is 0 Å². The molecule has 8 nitrogen and oxygen atoms in total. The number of sulfonamides is 1. The van der Waals surface area contributed by atoms with Crippen LogP contribution in [0.3, 0.4) is 0 Å². The molecule has 142 valence electrons. The van der Waals surface area contributed by atoms with Crippen molar-refractivity contribution in [2.75, 3.05) is 11.0 Å². The van der Waals surface area contributed by atoms with Crippen molar-refractivity contribution in [3.05, 3.63) is 64.6 Å². The van der Waals surface area contributed by atoms with Crippen LogP contribution in [0.15, 0.2) is 57.7 Å². The molecule has 0 spiro atoms. The molecular weight excluding hydrogens is 370 g/mol. The summed E-state index contributed by atoms with van der Waals surface area (Å²) in [5.41, 5.74) is 2.10. The van der Waals surface area contributed by atoms with Gasteiger partial charge in [-0.2, -0.15) is 0 Å². The first-order valence-corrected chi connectivity index (χ1v) is 10.1. The maximum Gasteiger partial charge on any atom is 0.420 e. The molecule has 0 fully saturated rings. The third-order valence-electron chi connectivity index (χ3n) is 3.94. The van der Waals surface area contributed by atoms with Gasteiger partial charge in [0.15, 0.2) is 5.58 Å². The number of nitrogens with one attached hydrogen (secondary N) is 2. The molecule has 0 aliphatic carbocycles. The molecule has 2 N–H and O–H groups in total. The SMILES string of the molecule is CC(NC(=O)Cn1c(=O)oc2ccccc21)c1cccc(NS(C)(=O)=O)c1. The monoisotopic (exact) mass is 389 g/mol. The van der Waals surface area contributed by atoms with Gasteiger partial charge in [0.05, 0.1) is 17.8 Å². The molecule has 1 aromatic heterocycles. The summed E-state index contributed by atoms with van der Waals surface area (Å²) in [4.78, 5) is 24.3. The summed E-state index contributed by atoms with van der Waals surface area (Å²) < 4.78 is 31.5. The lowest BCUT2D eigenvalue weighted by molar-refractivity contribution is -0.122. The number of benzene rings is 2. The first-order chi connectivity index (χ1) is 12.7. The van der Waals surface area contributed by atoms with Crippen molar-refractivity contribution in [1.82, 2.24) is 9.88 Å². The van der Waals surface area contributed by atoms with E-state index in [2.05, 4.69) is 10.0 Å². The lowest BCUT2D eigenvalue weighted by atomic mass is 10.1. The number of amides is 1. The summed E-state index contributed by atoms with van der Waals surface area (Å²) >= 11 is 0. The van der Waals surface area contributed by atoms with Gasteiger partial charge in [0.2, 0.25) is 15.9 Å². The summed E-state index contributed by atoms with van der Waals surface area (Å²) in [7, 11) is -3.39. The summed E-state index contributed by atoms with van der Waals surface area (Å²) in [5.74, 6) is -0.962. The normalized spacial score (nSPS) is 12.7. The van der Waals surface area contributed by atoms with Crippen LogP contribution in [0.5, 0.6) is 0 Å². The molecule has 0 radical (unpaired) electrons. The number of oxazole rings is 1. The average molecular weight is 389 g/mol. The number of fused-ring (bicyclic) bond motifs is 1. The van der Waals surface area contributed by atoms with Crippen molar-refractivity contribution < 1.29 is 17.6 Å². The molecule has 1 atom stereocenters. The van der Waals surface area contributed by atoms with Gasteiger partial charge in [-0.3, -0.25) is 14.1 Å². The average Bonchev–Trinajstić information content (AvgIpc) is 2.89. The molecule has 3 rings (SSSR count). The largest absolute Gasteiger partial charge is 0.420 e. The van der Waals surface area contributed by atoms with Crippen LogP contribution in [0.2, 0.25) is 0 Å². The van der Waals surface area contributed by atoms with E-state index >= 15 is 0 Å². The molecule has 1 unspecified atom stereocenters. The number of nitrogens with zero attached hydrogens (tertiary/aromatic N) is 1. The number of hydrogen-bond donors (Lipinski definition) is 2. The van der Waals surface area contributed by atoms with Gasteiger partial charge in [0, 0.05) is 5.69 Å². The summed E-state index contributed by atoms with van der Waals surface area (Å²) in [6.07, 6.45) is 1.07. The number of carbonyl (C=O) groups excluding carboxylic acids is 1. The number of rotatable bonds is 6. The second-order valence-corrected chi connectivity index (χ2v) is 7.96. The minimum Gasteiger partial charge on any atom is -0.408 e. The van der Waals surface area contributed by atoms with E-state index < -0.39 is 15.8 Å². The van der Waals surface area contributed by atoms with Gasteiger partial charge in [-0.25, -0.2) is 13.2 Å². The minimum atomic E-state index is -3.39. The van der Waals surface area contributed by atoms with Gasteiger partial charge in [0.25, 0.3) is 0 Å². The van der Waals surface area contributed by atoms with Crippen LogP contribution in [-0.4, -0.2) is 25.1 Å². The molecule has 2 aromatic carbocycles. The van der Waals surface area contributed by atoms with E-state index in [1.807, 2.05) is 0 Å². The maximum atomic E-state index is 12.4. The molecule has 27 heavy (non-hydrogen) atoms. The lowest BCUT2D eigenvalue weighted by Gasteiger charge is -2.16. The fourth-order valence-corrected chi connectivity index (χ4v) is 3.32. The third kappa shape index (κ3) is 4.56. The van der Waals surface area contributed by atoms with Crippen LogP contribution in [0.1, 0.15) is 18.5 Å². The Morgan fingerprint density at radius 3 is 2.67 bits per heavy atom. The zero-order valence-corrected chi connectivity index (χ0v) is 15.6. The van der Waals surface area contributed by atoms with E-state index in [0.29, 0.717) is 16.8 Å². The van der Waals surface area contributed by atoms with Gasteiger partial charge in [-0.1, -0.05) is 24.3 Å². The van der Waals surface area contributed by atoms with Gasteiger partial charge in [-0.15, -0.1) is 0 Å². The van der Waals surface area contributed by atoms with Crippen LogP contribution in [0.25, 0.3) is 11.1 Å². The first kappa shape index (κ1) is 18.7. The van der Waals surface area contributed by atoms with Gasteiger partial charge < -0.3 is 9.73 Å². The highest BCUT2D eigenvalue weighted by Gasteiger charge is 2.15. The van der Waals surface area contributed by atoms with Crippen molar-refractivity contribution in [3.63, 3.8) is 0 Å². The zero-order valence-electron chi connectivity index (χ0n) is 14.8. The van der Waals surface area contributed by atoms with Crippen LogP contribution in [-0.2, 0) is 21.4 Å². The topological polar surface area (TPSA) is 110 Å². The summed E-state index contributed by atoms with van der Waals surface area (Å²) in [5, 5.41) is 2.80. The molecule has 0 saturated heterocycles. The van der Waals surface area contributed by atoms with Crippen molar-refractivity contribution >= 4 is 32.7 Å². The predicted octanol–water partition coefficient (Wildman–Crippen LogP) is 1.84. The number of para-hydroxylation sites is 2. The maximum absolute atomic E-state index is 12.4. The molecule has 0 saturated carbocycles. The Bertz CT molecular complexity index is 1150. The molecule has 1 amide bonds.